The van der Waals surface area contributed by atoms with Gasteiger partial charge in [-0.25, -0.2) is 0 Å². The third-order valence-corrected chi connectivity index (χ3v) is 3.59. The van der Waals surface area contributed by atoms with Crippen LogP contribution in [-0.4, -0.2) is 25.5 Å². The Morgan fingerprint density at radius 1 is 1.41 bits per heavy atom. The van der Waals surface area contributed by atoms with Gasteiger partial charge in [0, 0.05) is 17.6 Å². The van der Waals surface area contributed by atoms with Gasteiger partial charge in [0.15, 0.2) is 0 Å². The van der Waals surface area contributed by atoms with Crippen molar-refractivity contribution in [3.05, 3.63) is 34.3 Å². The first kappa shape index (κ1) is 12.6. The van der Waals surface area contributed by atoms with Crippen LogP contribution in [0.15, 0.2) is 28.7 Å². The topological polar surface area (TPSA) is 41.1 Å². The number of carbonyl (C=O) groups is 1. The summed E-state index contributed by atoms with van der Waals surface area (Å²) < 4.78 is 1.09. The Bertz CT molecular complexity index is 372. The van der Waals surface area contributed by atoms with E-state index in [0.29, 0.717) is 0 Å². The molecule has 1 aromatic rings. The fraction of sp³-hybridized carbons (Fsp3) is 0.462. The zero-order valence-corrected chi connectivity index (χ0v) is 11.3. The zero-order valence-electron chi connectivity index (χ0n) is 9.71. The number of amides is 1. The third-order valence-electron chi connectivity index (χ3n) is 3.06. The van der Waals surface area contributed by atoms with E-state index < -0.39 is 0 Å². The highest BCUT2D eigenvalue weighted by molar-refractivity contribution is 9.10. The Morgan fingerprint density at radius 3 is 2.82 bits per heavy atom. The van der Waals surface area contributed by atoms with E-state index in [1.807, 2.05) is 12.1 Å². The summed E-state index contributed by atoms with van der Waals surface area (Å²) in [6.07, 6.45) is 1.85. The molecule has 2 N–H and O–H groups in total. The van der Waals surface area contributed by atoms with Crippen molar-refractivity contribution in [3.8, 4) is 0 Å². The highest BCUT2D eigenvalue weighted by Gasteiger charge is 2.21. The third kappa shape index (κ3) is 3.82. The van der Waals surface area contributed by atoms with Gasteiger partial charge in [0.1, 0.15) is 0 Å². The molecule has 1 amide bonds. The Kier molecular flexibility index (Phi) is 4.57. The van der Waals surface area contributed by atoms with Crippen molar-refractivity contribution in [1.29, 1.82) is 0 Å². The SMILES string of the molecule is O=C(NCCc1ccc(Br)cc1)C1CCNC1. The van der Waals surface area contributed by atoms with Crippen molar-refractivity contribution in [2.45, 2.75) is 12.8 Å². The lowest BCUT2D eigenvalue weighted by atomic mass is 10.1. The maximum Gasteiger partial charge on any atom is 0.224 e. The van der Waals surface area contributed by atoms with Crippen molar-refractivity contribution >= 4 is 21.8 Å². The molecule has 2 rings (SSSR count). The molecule has 92 valence electrons. The zero-order chi connectivity index (χ0) is 12.1. The molecule has 1 heterocycles. The van der Waals surface area contributed by atoms with Crippen molar-refractivity contribution in [3.63, 3.8) is 0 Å². The minimum atomic E-state index is 0.167. The van der Waals surface area contributed by atoms with Gasteiger partial charge in [-0.15, -0.1) is 0 Å². The molecule has 1 aromatic carbocycles. The molecule has 0 radical (unpaired) electrons. The average molecular weight is 297 g/mol. The second-order valence-electron chi connectivity index (χ2n) is 4.36. The summed E-state index contributed by atoms with van der Waals surface area (Å²) in [5.74, 6) is 0.354. The van der Waals surface area contributed by atoms with E-state index >= 15 is 0 Å². The van der Waals surface area contributed by atoms with Crippen LogP contribution in [0, 0.1) is 5.92 Å². The van der Waals surface area contributed by atoms with E-state index in [1.165, 1.54) is 5.56 Å². The smallest absolute Gasteiger partial charge is 0.224 e. The van der Waals surface area contributed by atoms with Gasteiger partial charge in [0.25, 0.3) is 0 Å². The summed E-state index contributed by atoms with van der Waals surface area (Å²) in [4.78, 5) is 11.7. The molecule has 0 bridgehead atoms. The highest BCUT2D eigenvalue weighted by Crippen LogP contribution is 2.11. The van der Waals surface area contributed by atoms with Crippen LogP contribution >= 0.6 is 15.9 Å². The van der Waals surface area contributed by atoms with Gasteiger partial charge in [-0.3, -0.25) is 4.79 Å². The molecule has 1 aliphatic rings. The molecule has 0 aliphatic carbocycles. The number of nitrogens with one attached hydrogen (secondary N) is 2. The van der Waals surface area contributed by atoms with Gasteiger partial charge in [-0.2, -0.15) is 0 Å². The van der Waals surface area contributed by atoms with Crippen LogP contribution in [0.1, 0.15) is 12.0 Å². The fourth-order valence-corrected chi connectivity index (χ4v) is 2.27. The van der Waals surface area contributed by atoms with Gasteiger partial charge >= 0.3 is 0 Å². The summed E-state index contributed by atoms with van der Waals surface area (Å²) in [5, 5.41) is 6.20. The second kappa shape index (κ2) is 6.17. The first-order valence-corrected chi connectivity index (χ1v) is 6.78. The monoisotopic (exact) mass is 296 g/mol. The molecule has 17 heavy (non-hydrogen) atoms. The van der Waals surface area contributed by atoms with Gasteiger partial charge < -0.3 is 10.6 Å². The predicted octanol–water partition coefficient (Wildman–Crippen LogP) is 1.72. The molecule has 1 atom stereocenters. The largest absolute Gasteiger partial charge is 0.355 e. The summed E-state index contributed by atoms with van der Waals surface area (Å²) in [6, 6.07) is 8.21. The van der Waals surface area contributed by atoms with Gasteiger partial charge in [0.2, 0.25) is 5.91 Å². The molecular weight excluding hydrogens is 280 g/mol. The molecule has 0 aromatic heterocycles. The summed E-state index contributed by atoms with van der Waals surface area (Å²) in [5.41, 5.74) is 1.25. The van der Waals surface area contributed by atoms with Crippen LogP contribution in [-0.2, 0) is 11.2 Å². The minimum absolute atomic E-state index is 0.167. The Morgan fingerprint density at radius 2 is 2.18 bits per heavy atom. The van der Waals surface area contributed by atoms with Gasteiger partial charge in [-0.1, -0.05) is 28.1 Å². The van der Waals surface area contributed by atoms with Crippen LogP contribution in [0.25, 0.3) is 0 Å². The van der Waals surface area contributed by atoms with E-state index in [0.717, 1.165) is 36.9 Å². The quantitative estimate of drug-likeness (QED) is 0.888. The van der Waals surface area contributed by atoms with Crippen LogP contribution in [0.2, 0.25) is 0 Å². The second-order valence-corrected chi connectivity index (χ2v) is 5.27. The normalized spacial score (nSPS) is 19.2. The molecule has 1 saturated heterocycles. The van der Waals surface area contributed by atoms with E-state index in [-0.39, 0.29) is 11.8 Å². The fourth-order valence-electron chi connectivity index (χ4n) is 2.00. The van der Waals surface area contributed by atoms with Crippen molar-refractivity contribution < 1.29 is 4.79 Å². The molecule has 3 nitrogen and oxygen atoms in total. The molecule has 1 aliphatic heterocycles. The van der Waals surface area contributed by atoms with E-state index in [1.54, 1.807) is 0 Å². The van der Waals surface area contributed by atoms with E-state index in [2.05, 4.69) is 38.7 Å². The van der Waals surface area contributed by atoms with Crippen LogP contribution < -0.4 is 10.6 Å². The van der Waals surface area contributed by atoms with Gasteiger partial charge in [-0.05, 0) is 37.1 Å². The molecular formula is C13H17BrN2O. The average Bonchev–Trinajstić information content (AvgIpc) is 2.85. The Labute approximate surface area is 110 Å². The summed E-state index contributed by atoms with van der Waals surface area (Å²) in [6.45, 7) is 2.51. The standard InChI is InChI=1S/C13H17BrN2O/c14-12-3-1-10(2-4-12)5-8-16-13(17)11-6-7-15-9-11/h1-4,11,15H,5-9H2,(H,16,17). The van der Waals surface area contributed by atoms with Crippen LogP contribution in [0.5, 0.6) is 0 Å². The lowest BCUT2D eigenvalue weighted by Crippen LogP contribution is -2.33. The molecule has 1 fully saturated rings. The molecule has 1 unspecified atom stereocenters. The van der Waals surface area contributed by atoms with Crippen molar-refractivity contribution in [2.75, 3.05) is 19.6 Å². The first-order chi connectivity index (χ1) is 8.25. The number of hydrogen-bond acceptors (Lipinski definition) is 2. The number of hydrogen-bond donors (Lipinski definition) is 2. The number of benzene rings is 1. The van der Waals surface area contributed by atoms with E-state index in [4.69, 9.17) is 0 Å². The van der Waals surface area contributed by atoms with Gasteiger partial charge in [0.05, 0.1) is 5.92 Å². The van der Waals surface area contributed by atoms with Crippen LogP contribution in [0.4, 0.5) is 0 Å². The van der Waals surface area contributed by atoms with Crippen molar-refractivity contribution in [2.24, 2.45) is 5.92 Å². The summed E-state index contributed by atoms with van der Waals surface area (Å²) in [7, 11) is 0. The lowest BCUT2D eigenvalue weighted by molar-refractivity contribution is -0.124. The Hall–Kier alpha value is -0.870. The minimum Gasteiger partial charge on any atom is -0.355 e. The highest BCUT2D eigenvalue weighted by atomic mass is 79.9. The molecule has 0 spiro atoms. The molecule has 0 saturated carbocycles. The van der Waals surface area contributed by atoms with E-state index in [9.17, 15) is 4.79 Å². The summed E-state index contributed by atoms with van der Waals surface area (Å²) >= 11 is 3.40. The maximum atomic E-state index is 11.7. The maximum absolute atomic E-state index is 11.7. The number of rotatable bonds is 4. The lowest BCUT2D eigenvalue weighted by Gasteiger charge is -2.09. The van der Waals surface area contributed by atoms with Crippen LogP contribution in [0.3, 0.4) is 0 Å². The predicted molar refractivity (Wildman–Crippen MR) is 71.8 cm³/mol. The number of carbonyl (C=O) groups excluding carboxylic acids is 1. The van der Waals surface area contributed by atoms with Crippen molar-refractivity contribution in [1.82, 2.24) is 10.6 Å². The number of halogens is 1. The molecule has 4 heteroatoms. The first-order valence-electron chi connectivity index (χ1n) is 5.98. The Balaban J connectivity index is 1.72.